The smallest absolute Gasteiger partial charge is 0.326 e. The molecule has 30 heavy (non-hydrogen) atoms. The molecule has 1 fully saturated rings. The van der Waals surface area contributed by atoms with Crippen molar-refractivity contribution in [3.63, 3.8) is 0 Å². The number of nitrogens with zero attached hydrogens (tertiary/aromatic N) is 2. The molecule has 1 saturated heterocycles. The highest BCUT2D eigenvalue weighted by Crippen LogP contribution is 2.26. The summed E-state index contributed by atoms with van der Waals surface area (Å²) in [6.07, 6.45) is 1.76. The van der Waals surface area contributed by atoms with Gasteiger partial charge in [0.1, 0.15) is 0 Å². The van der Waals surface area contributed by atoms with Gasteiger partial charge in [-0.2, -0.15) is 0 Å². The van der Waals surface area contributed by atoms with E-state index in [1.165, 1.54) is 0 Å². The molecule has 158 valence electrons. The maximum absolute atomic E-state index is 12.5. The van der Waals surface area contributed by atoms with Crippen LogP contribution in [0, 0.1) is 0 Å². The van der Waals surface area contributed by atoms with Crippen LogP contribution in [0.4, 0.5) is 0 Å². The molecule has 1 atom stereocenters. The zero-order valence-electron chi connectivity index (χ0n) is 16.7. The molecule has 1 aliphatic heterocycles. The molecule has 0 radical (unpaired) electrons. The largest absolute Gasteiger partial charge is 0.348 e. The van der Waals surface area contributed by atoms with Crippen molar-refractivity contribution in [2.75, 3.05) is 19.6 Å². The van der Waals surface area contributed by atoms with Crippen LogP contribution in [0.25, 0.3) is 11.0 Å². The summed E-state index contributed by atoms with van der Waals surface area (Å²) < 4.78 is 1.86. The Morgan fingerprint density at radius 3 is 2.50 bits per heavy atom. The van der Waals surface area contributed by atoms with E-state index in [2.05, 4.69) is 15.2 Å². The van der Waals surface area contributed by atoms with Gasteiger partial charge in [-0.1, -0.05) is 23.2 Å². The second-order valence-corrected chi connectivity index (χ2v) is 8.75. The number of likely N-dealkylation sites (tertiary alicyclic amines) is 1. The molecular weight excluding hydrogens is 423 g/mol. The zero-order valence-corrected chi connectivity index (χ0v) is 18.2. The van der Waals surface area contributed by atoms with Gasteiger partial charge >= 0.3 is 5.69 Å². The van der Waals surface area contributed by atoms with Gasteiger partial charge in [0.05, 0.1) is 11.0 Å². The van der Waals surface area contributed by atoms with E-state index in [9.17, 15) is 9.59 Å². The molecule has 6 nitrogen and oxygen atoms in total. The highest BCUT2D eigenvalue weighted by molar-refractivity contribution is 6.31. The molecule has 0 aliphatic carbocycles. The molecule has 0 bridgehead atoms. The lowest BCUT2D eigenvalue weighted by Gasteiger charge is -2.34. The standard InChI is InChI=1S/C22H24Cl2N4O2/c1-14(25-21(29)15-2-4-16(23)5-3-15)13-27-10-8-18(9-11-27)28-20-7-6-17(24)12-19(20)26-22(28)30/h2-7,12,14,18H,8-11,13H2,1H3,(H,25,29)(H,26,30)/t14-/m0/s1. The van der Waals surface area contributed by atoms with E-state index in [1.807, 2.05) is 23.6 Å². The van der Waals surface area contributed by atoms with Gasteiger partial charge in [0.15, 0.2) is 0 Å². The van der Waals surface area contributed by atoms with Crippen molar-refractivity contribution in [3.8, 4) is 0 Å². The number of hydrogen-bond donors (Lipinski definition) is 2. The first kappa shape index (κ1) is 21.0. The minimum absolute atomic E-state index is 0.0164. The first-order chi connectivity index (χ1) is 14.4. The van der Waals surface area contributed by atoms with Gasteiger partial charge in [0.25, 0.3) is 5.91 Å². The van der Waals surface area contributed by atoms with E-state index in [0.717, 1.165) is 43.5 Å². The second-order valence-electron chi connectivity index (χ2n) is 7.87. The van der Waals surface area contributed by atoms with Crippen molar-refractivity contribution in [2.45, 2.75) is 31.8 Å². The molecule has 2 aromatic carbocycles. The number of rotatable bonds is 5. The van der Waals surface area contributed by atoms with Crippen LogP contribution in [0.2, 0.25) is 10.0 Å². The summed E-state index contributed by atoms with van der Waals surface area (Å²) in [5.41, 5.74) is 2.18. The maximum atomic E-state index is 12.5. The van der Waals surface area contributed by atoms with Gasteiger partial charge in [-0.3, -0.25) is 9.36 Å². The highest BCUT2D eigenvalue weighted by atomic mass is 35.5. The van der Waals surface area contributed by atoms with Crippen molar-refractivity contribution < 1.29 is 4.79 Å². The van der Waals surface area contributed by atoms with Crippen LogP contribution in [-0.2, 0) is 0 Å². The van der Waals surface area contributed by atoms with Crippen LogP contribution >= 0.6 is 23.2 Å². The topological polar surface area (TPSA) is 70.1 Å². The van der Waals surface area contributed by atoms with Gasteiger partial charge in [0.2, 0.25) is 0 Å². The maximum Gasteiger partial charge on any atom is 0.326 e. The number of aromatic amines is 1. The minimum atomic E-state index is -0.0990. The fourth-order valence-electron chi connectivity index (χ4n) is 4.17. The number of H-pyrrole nitrogens is 1. The number of nitrogens with one attached hydrogen (secondary N) is 2. The Bertz CT molecular complexity index is 1100. The van der Waals surface area contributed by atoms with E-state index in [0.29, 0.717) is 15.6 Å². The molecule has 3 aromatic rings. The minimum Gasteiger partial charge on any atom is -0.348 e. The number of aromatic nitrogens is 2. The molecule has 1 aromatic heterocycles. The van der Waals surface area contributed by atoms with Gasteiger partial charge in [-0.25, -0.2) is 4.79 Å². The SMILES string of the molecule is C[C@@H](CN1CCC(n2c(=O)[nH]c3cc(Cl)ccc32)CC1)NC(=O)c1ccc(Cl)cc1. The molecule has 4 rings (SSSR count). The number of carbonyl (C=O) groups is 1. The number of benzene rings is 2. The number of piperidine rings is 1. The number of halogens is 2. The summed E-state index contributed by atoms with van der Waals surface area (Å²) in [4.78, 5) is 30.1. The van der Waals surface area contributed by atoms with Crippen molar-refractivity contribution >= 4 is 40.1 Å². The third kappa shape index (κ3) is 4.56. The molecule has 2 N–H and O–H groups in total. The molecule has 0 saturated carbocycles. The van der Waals surface area contributed by atoms with Gasteiger partial charge in [-0.15, -0.1) is 0 Å². The van der Waals surface area contributed by atoms with Crippen LogP contribution in [0.15, 0.2) is 47.3 Å². The molecule has 2 heterocycles. The molecule has 0 unspecified atom stereocenters. The quantitative estimate of drug-likeness (QED) is 0.619. The fraction of sp³-hybridized carbons (Fsp3) is 0.364. The Morgan fingerprint density at radius 1 is 1.13 bits per heavy atom. The monoisotopic (exact) mass is 446 g/mol. The van der Waals surface area contributed by atoms with Crippen LogP contribution in [0.5, 0.6) is 0 Å². The Labute approximate surface area is 184 Å². The van der Waals surface area contributed by atoms with Crippen LogP contribution in [-0.4, -0.2) is 46.0 Å². The normalized spacial score (nSPS) is 16.6. The summed E-state index contributed by atoms with van der Waals surface area (Å²) in [6, 6.07) is 12.5. The summed E-state index contributed by atoms with van der Waals surface area (Å²) in [5, 5.41) is 4.27. The average molecular weight is 447 g/mol. The highest BCUT2D eigenvalue weighted by Gasteiger charge is 2.24. The van der Waals surface area contributed by atoms with Crippen LogP contribution < -0.4 is 11.0 Å². The lowest BCUT2D eigenvalue weighted by Crippen LogP contribution is -2.45. The van der Waals surface area contributed by atoms with Gasteiger partial charge in [-0.05, 0) is 62.2 Å². The first-order valence-corrected chi connectivity index (χ1v) is 10.8. The zero-order chi connectivity index (χ0) is 21.3. The van der Waals surface area contributed by atoms with Crippen molar-refractivity contribution in [1.82, 2.24) is 19.8 Å². The second kappa shape index (κ2) is 8.84. The van der Waals surface area contributed by atoms with Crippen LogP contribution in [0.1, 0.15) is 36.2 Å². The lowest BCUT2D eigenvalue weighted by atomic mass is 10.0. The van der Waals surface area contributed by atoms with E-state index in [-0.39, 0.29) is 23.7 Å². The summed E-state index contributed by atoms with van der Waals surface area (Å²) in [5.74, 6) is -0.0990. The molecule has 8 heteroatoms. The van der Waals surface area contributed by atoms with E-state index in [1.54, 1.807) is 30.3 Å². The fourth-order valence-corrected chi connectivity index (χ4v) is 4.47. The Balaban J connectivity index is 1.34. The van der Waals surface area contributed by atoms with E-state index < -0.39 is 0 Å². The predicted octanol–water partition coefficient (Wildman–Crippen LogP) is 4.09. The Hall–Kier alpha value is -2.28. The van der Waals surface area contributed by atoms with Gasteiger partial charge < -0.3 is 15.2 Å². The van der Waals surface area contributed by atoms with Crippen molar-refractivity contribution in [2.24, 2.45) is 0 Å². The number of amides is 1. The number of fused-ring (bicyclic) bond motifs is 1. The third-order valence-electron chi connectivity index (χ3n) is 5.62. The van der Waals surface area contributed by atoms with E-state index >= 15 is 0 Å². The number of hydrogen-bond acceptors (Lipinski definition) is 3. The average Bonchev–Trinajstić information content (AvgIpc) is 3.03. The summed E-state index contributed by atoms with van der Waals surface area (Å²) in [6.45, 7) is 4.52. The Morgan fingerprint density at radius 2 is 1.80 bits per heavy atom. The number of carbonyl (C=O) groups excluding carboxylic acids is 1. The summed E-state index contributed by atoms with van der Waals surface area (Å²) >= 11 is 11.9. The van der Waals surface area contributed by atoms with Crippen molar-refractivity contribution in [1.29, 1.82) is 0 Å². The number of imidazole rings is 1. The molecular formula is C22H24Cl2N4O2. The Kier molecular flexibility index (Phi) is 6.18. The molecule has 0 spiro atoms. The summed E-state index contributed by atoms with van der Waals surface area (Å²) in [7, 11) is 0. The van der Waals surface area contributed by atoms with E-state index in [4.69, 9.17) is 23.2 Å². The lowest BCUT2D eigenvalue weighted by molar-refractivity contribution is 0.0921. The first-order valence-electron chi connectivity index (χ1n) is 10.1. The van der Waals surface area contributed by atoms with Gasteiger partial charge in [0, 0.05) is 47.3 Å². The molecule has 1 aliphatic rings. The molecule has 1 amide bonds. The predicted molar refractivity (Wildman–Crippen MR) is 121 cm³/mol. The van der Waals surface area contributed by atoms with Crippen LogP contribution in [0.3, 0.4) is 0 Å². The van der Waals surface area contributed by atoms with Crippen molar-refractivity contribution in [3.05, 3.63) is 68.6 Å². The third-order valence-corrected chi connectivity index (χ3v) is 6.10.